The first kappa shape index (κ1) is 22.4. The Labute approximate surface area is 181 Å². The molecule has 0 aromatic heterocycles. The van der Waals surface area contributed by atoms with Gasteiger partial charge in [-0.25, -0.2) is 0 Å². The fourth-order valence-corrected chi connectivity index (χ4v) is 2.96. The number of halogens is 4. The number of amides is 1. The number of carbonyl (C=O) groups excluding carboxylic acids is 2. The Morgan fingerprint density at radius 1 is 1.00 bits per heavy atom. The molecule has 2 rings (SSSR count). The Balaban J connectivity index is 1.81. The average molecular weight is 467 g/mol. The molecule has 0 saturated carbocycles. The third-order valence-electron chi connectivity index (χ3n) is 3.37. The summed E-state index contributed by atoms with van der Waals surface area (Å²) < 4.78 is 15.5. The number of hydrogen-bond acceptors (Lipinski definition) is 5. The van der Waals surface area contributed by atoms with Gasteiger partial charge in [-0.05, 0) is 18.2 Å². The molecular weight excluding hydrogens is 452 g/mol. The number of anilines is 1. The molecule has 6 nitrogen and oxygen atoms in total. The zero-order valence-electron chi connectivity index (χ0n) is 14.6. The number of methoxy groups -OCH3 is 1. The van der Waals surface area contributed by atoms with Crippen LogP contribution in [0.1, 0.15) is 6.42 Å². The minimum absolute atomic E-state index is 0.0287. The highest BCUT2D eigenvalue weighted by atomic mass is 35.5. The minimum Gasteiger partial charge on any atom is -0.493 e. The van der Waals surface area contributed by atoms with E-state index in [2.05, 4.69) is 5.32 Å². The van der Waals surface area contributed by atoms with Gasteiger partial charge in [0.1, 0.15) is 0 Å². The lowest BCUT2D eigenvalue weighted by Gasteiger charge is -2.12. The molecule has 1 N–H and O–H groups in total. The van der Waals surface area contributed by atoms with Crippen LogP contribution in [0.15, 0.2) is 30.3 Å². The molecule has 0 radical (unpaired) electrons. The van der Waals surface area contributed by atoms with Crippen LogP contribution in [0.4, 0.5) is 5.69 Å². The maximum atomic E-state index is 12.0. The van der Waals surface area contributed by atoms with E-state index in [1.54, 1.807) is 24.3 Å². The van der Waals surface area contributed by atoms with Crippen LogP contribution in [-0.4, -0.2) is 32.2 Å². The van der Waals surface area contributed by atoms with E-state index in [9.17, 15) is 9.59 Å². The lowest BCUT2D eigenvalue weighted by Crippen LogP contribution is -2.22. The molecule has 0 atom stereocenters. The van der Waals surface area contributed by atoms with Gasteiger partial charge in [-0.3, -0.25) is 9.59 Å². The normalized spacial score (nSPS) is 10.3. The summed E-state index contributed by atoms with van der Waals surface area (Å²) in [4.78, 5) is 23.8. The van der Waals surface area contributed by atoms with Crippen LogP contribution in [0.3, 0.4) is 0 Å². The van der Waals surface area contributed by atoms with Crippen molar-refractivity contribution in [3.05, 3.63) is 50.4 Å². The molecule has 28 heavy (non-hydrogen) atoms. The van der Waals surface area contributed by atoms with E-state index in [-0.39, 0.29) is 38.8 Å². The SMILES string of the molecule is COc1ccccc1OCCC(=O)OCC(=O)Nc1c(Cl)c(Cl)cc(Cl)c1Cl. The number of ether oxygens (including phenoxy) is 3. The van der Waals surface area contributed by atoms with Crippen LogP contribution >= 0.6 is 46.4 Å². The molecule has 10 heteroatoms. The van der Waals surface area contributed by atoms with E-state index < -0.39 is 18.5 Å². The molecule has 0 unspecified atom stereocenters. The molecule has 0 aliphatic carbocycles. The first-order chi connectivity index (χ1) is 13.3. The largest absolute Gasteiger partial charge is 0.493 e. The second-order valence-electron chi connectivity index (χ2n) is 5.30. The molecular formula is C18H15Cl4NO5. The monoisotopic (exact) mass is 465 g/mol. The summed E-state index contributed by atoms with van der Waals surface area (Å²) in [7, 11) is 1.51. The molecule has 0 aliphatic rings. The third kappa shape index (κ3) is 6.07. The number of hydrogen-bond donors (Lipinski definition) is 1. The van der Waals surface area contributed by atoms with Crippen molar-refractivity contribution in [3.63, 3.8) is 0 Å². The average Bonchev–Trinajstić information content (AvgIpc) is 2.68. The van der Waals surface area contributed by atoms with Crippen LogP contribution in [0.5, 0.6) is 11.5 Å². The fourth-order valence-electron chi connectivity index (χ4n) is 2.06. The van der Waals surface area contributed by atoms with E-state index >= 15 is 0 Å². The number of esters is 1. The Kier molecular flexibility index (Phi) is 8.51. The standard InChI is InChI=1S/C18H15Cl4NO5/c1-26-12-4-2-3-5-13(12)27-7-6-15(25)28-9-14(24)23-18-16(21)10(19)8-11(20)17(18)22/h2-5,8H,6-7,9H2,1H3,(H,23,24). The minimum atomic E-state index is -0.652. The van der Waals surface area contributed by atoms with E-state index in [4.69, 9.17) is 60.6 Å². The summed E-state index contributed by atoms with van der Waals surface area (Å²) in [5.74, 6) is -0.227. The predicted molar refractivity (Wildman–Crippen MR) is 109 cm³/mol. The zero-order valence-corrected chi connectivity index (χ0v) is 17.6. The summed E-state index contributed by atoms with van der Waals surface area (Å²) in [5.41, 5.74) is 0.0430. The second-order valence-corrected chi connectivity index (χ2v) is 6.87. The van der Waals surface area contributed by atoms with Crippen molar-refractivity contribution in [3.8, 4) is 11.5 Å². The number of para-hydroxylation sites is 2. The Morgan fingerprint density at radius 2 is 1.61 bits per heavy atom. The van der Waals surface area contributed by atoms with Crippen LogP contribution in [0.25, 0.3) is 0 Å². The number of rotatable bonds is 8. The van der Waals surface area contributed by atoms with Gasteiger partial charge in [0, 0.05) is 0 Å². The molecule has 1 amide bonds. The van der Waals surface area contributed by atoms with Gasteiger partial charge in [0.05, 0.1) is 45.9 Å². The molecule has 0 bridgehead atoms. The van der Waals surface area contributed by atoms with Gasteiger partial charge in [0.2, 0.25) is 0 Å². The van der Waals surface area contributed by atoms with E-state index in [1.807, 2.05) is 0 Å². The third-order valence-corrected chi connectivity index (χ3v) is 4.95. The van der Waals surface area contributed by atoms with E-state index in [0.29, 0.717) is 11.5 Å². The van der Waals surface area contributed by atoms with Gasteiger partial charge < -0.3 is 19.5 Å². The van der Waals surface area contributed by atoms with Crippen molar-refractivity contribution in [1.82, 2.24) is 0 Å². The Hall–Kier alpha value is -1.86. The number of benzene rings is 2. The van der Waals surface area contributed by atoms with Crippen LogP contribution in [-0.2, 0) is 14.3 Å². The lowest BCUT2D eigenvalue weighted by atomic mass is 10.3. The smallest absolute Gasteiger partial charge is 0.309 e. The van der Waals surface area contributed by atoms with Crippen molar-refractivity contribution in [2.45, 2.75) is 6.42 Å². The Bertz CT molecular complexity index is 849. The zero-order chi connectivity index (χ0) is 20.7. The highest BCUT2D eigenvalue weighted by Gasteiger charge is 2.17. The lowest BCUT2D eigenvalue weighted by molar-refractivity contribution is -0.147. The molecule has 0 saturated heterocycles. The van der Waals surface area contributed by atoms with Gasteiger partial charge in [-0.15, -0.1) is 0 Å². The topological polar surface area (TPSA) is 73.9 Å². The van der Waals surface area contributed by atoms with E-state index in [0.717, 1.165) is 0 Å². The van der Waals surface area contributed by atoms with Crippen LogP contribution in [0.2, 0.25) is 20.1 Å². The van der Waals surface area contributed by atoms with E-state index in [1.165, 1.54) is 13.2 Å². The highest BCUT2D eigenvalue weighted by Crippen LogP contribution is 2.40. The molecule has 150 valence electrons. The second kappa shape index (κ2) is 10.6. The Morgan fingerprint density at radius 3 is 2.21 bits per heavy atom. The molecule has 0 fully saturated rings. The first-order valence-electron chi connectivity index (χ1n) is 7.87. The van der Waals surface area contributed by atoms with Gasteiger partial charge in [0.15, 0.2) is 18.1 Å². The molecule has 2 aromatic rings. The van der Waals surface area contributed by atoms with Gasteiger partial charge in [-0.2, -0.15) is 0 Å². The summed E-state index contributed by atoms with van der Waals surface area (Å²) in [5, 5.41) is 2.72. The summed E-state index contributed by atoms with van der Waals surface area (Å²) >= 11 is 23.8. The van der Waals surface area contributed by atoms with Crippen LogP contribution < -0.4 is 14.8 Å². The molecule has 0 heterocycles. The van der Waals surface area contributed by atoms with Crippen molar-refractivity contribution in [1.29, 1.82) is 0 Å². The summed E-state index contributed by atoms with van der Waals surface area (Å²) in [6, 6.07) is 8.37. The molecule has 0 aliphatic heterocycles. The quantitative estimate of drug-likeness (QED) is 0.424. The van der Waals surface area contributed by atoms with Gasteiger partial charge >= 0.3 is 5.97 Å². The fraction of sp³-hybridized carbons (Fsp3) is 0.222. The summed E-state index contributed by atoms with van der Waals surface area (Å²) in [6.07, 6.45) is -0.0597. The molecule has 0 spiro atoms. The van der Waals surface area contributed by atoms with Gasteiger partial charge in [-0.1, -0.05) is 58.5 Å². The number of carbonyl (C=O) groups is 2. The van der Waals surface area contributed by atoms with Crippen LogP contribution in [0, 0.1) is 0 Å². The summed E-state index contributed by atoms with van der Waals surface area (Å²) in [6.45, 7) is -0.479. The maximum absolute atomic E-state index is 12.0. The van der Waals surface area contributed by atoms with Crippen molar-refractivity contribution in [2.24, 2.45) is 0 Å². The van der Waals surface area contributed by atoms with Crippen molar-refractivity contribution < 1.29 is 23.8 Å². The first-order valence-corrected chi connectivity index (χ1v) is 9.39. The number of nitrogens with one attached hydrogen (secondary N) is 1. The predicted octanol–water partition coefficient (Wildman–Crippen LogP) is 5.26. The van der Waals surface area contributed by atoms with Crippen molar-refractivity contribution in [2.75, 3.05) is 25.6 Å². The highest BCUT2D eigenvalue weighted by molar-refractivity contribution is 6.50. The van der Waals surface area contributed by atoms with Gasteiger partial charge in [0.25, 0.3) is 5.91 Å². The van der Waals surface area contributed by atoms with Crippen molar-refractivity contribution >= 4 is 64.0 Å². The molecule has 2 aromatic carbocycles. The maximum Gasteiger partial charge on any atom is 0.309 e.